The Hall–Kier alpha value is -2.10. The van der Waals surface area contributed by atoms with Crippen LogP contribution in [0.15, 0.2) is 30.5 Å². The highest BCUT2D eigenvalue weighted by molar-refractivity contribution is 5.96. The molecule has 0 saturated heterocycles. The second-order valence-corrected chi connectivity index (χ2v) is 4.67. The quantitative estimate of drug-likeness (QED) is 0.600. The van der Waals surface area contributed by atoms with Gasteiger partial charge in [0.05, 0.1) is 18.7 Å². The van der Waals surface area contributed by atoms with Crippen molar-refractivity contribution in [3.63, 3.8) is 0 Å². The molecule has 1 heterocycles. The molecule has 20 heavy (non-hydrogen) atoms. The van der Waals surface area contributed by atoms with E-state index in [1.165, 1.54) is 5.56 Å². The molecule has 0 unspecified atom stereocenters. The van der Waals surface area contributed by atoms with Crippen molar-refractivity contribution < 1.29 is 14.3 Å². The Balaban J connectivity index is 2.17. The van der Waals surface area contributed by atoms with Crippen molar-refractivity contribution in [3.8, 4) is 0 Å². The summed E-state index contributed by atoms with van der Waals surface area (Å²) in [5, 5.41) is 1.12. The van der Waals surface area contributed by atoms with E-state index in [1.807, 2.05) is 29.0 Å². The number of ketones is 1. The molecule has 0 N–H and O–H groups in total. The van der Waals surface area contributed by atoms with Gasteiger partial charge in [0, 0.05) is 6.20 Å². The topological polar surface area (TPSA) is 48.3 Å². The van der Waals surface area contributed by atoms with Crippen LogP contribution in [0.2, 0.25) is 0 Å². The molecule has 0 aliphatic rings. The molecule has 0 aliphatic heterocycles. The minimum atomic E-state index is -0.454. The maximum absolute atomic E-state index is 11.9. The van der Waals surface area contributed by atoms with Gasteiger partial charge in [-0.1, -0.05) is 25.1 Å². The van der Waals surface area contributed by atoms with Crippen LogP contribution in [0.25, 0.3) is 10.9 Å². The summed E-state index contributed by atoms with van der Waals surface area (Å²) in [4.78, 5) is 23.2. The fourth-order valence-electron chi connectivity index (χ4n) is 2.38. The molecule has 0 bridgehead atoms. The standard InChI is InChI=1S/C16H19NO3/c1-3-12-6-5-7-13-8-9-17(16(12)13)11-14(18)10-15(19)20-4-2/h5-9H,3-4,10-11H2,1-2H3. The molecule has 4 heteroatoms. The number of esters is 1. The summed E-state index contributed by atoms with van der Waals surface area (Å²) in [6.07, 6.45) is 2.64. The molecular formula is C16H19NO3. The molecule has 4 nitrogen and oxygen atoms in total. The zero-order valence-electron chi connectivity index (χ0n) is 11.9. The van der Waals surface area contributed by atoms with Crippen LogP contribution in [0, 0.1) is 0 Å². The van der Waals surface area contributed by atoms with Crippen molar-refractivity contribution in [1.82, 2.24) is 4.57 Å². The zero-order valence-corrected chi connectivity index (χ0v) is 11.9. The predicted molar refractivity (Wildman–Crippen MR) is 77.6 cm³/mol. The van der Waals surface area contributed by atoms with Gasteiger partial charge in [0.2, 0.25) is 0 Å². The SMILES string of the molecule is CCOC(=O)CC(=O)Cn1ccc2cccc(CC)c21. The molecule has 0 fully saturated rings. The number of aryl methyl sites for hydroxylation is 1. The van der Waals surface area contributed by atoms with E-state index in [2.05, 4.69) is 13.0 Å². The highest BCUT2D eigenvalue weighted by Gasteiger charge is 2.13. The number of hydrogen-bond donors (Lipinski definition) is 0. The summed E-state index contributed by atoms with van der Waals surface area (Å²) in [5.41, 5.74) is 2.28. The second-order valence-electron chi connectivity index (χ2n) is 4.67. The Morgan fingerprint density at radius 3 is 2.70 bits per heavy atom. The molecule has 0 spiro atoms. The molecule has 1 aromatic carbocycles. The summed E-state index contributed by atoms with van der Waals surface area (Å²) < 4.78 is 6.71. The van der Waals surface area contributed by atoms with Gasteiger partial charge in [-0.05, 0) is 30.4 Å². The second kappa shape index (κ2) is 6.37. The molecule has 106 valence electrons. The monoisotopic (exact) mass is 273 g/mol. The van der Waals surface area contributed by atoms with E-state index >= 15 is 0 Å². The summed E-state index contributed by atoms with van der Waals surface area (Å²) in [6, 6.07) is 8.10. The Labute approximate surface area is 118 Å². The summed E-state index contributed by atoms with van der Waals surface area (Å²) in [5.74, 6) is -0.587. The molecule has 1 aromatic heterocycles. The van der Waals surface area contributed by atoms with Crippen LogP contribution in [0.1, 0.15) is 25.8 Å². The molecular weight excluding hydrogens is 254 g/mol. The number of nitrogens with zero attached hydrogens (tertiary/aromatic N) is 1. The van der Waals surface area contributed by atoms with E-state index < -0.39 is 5.97 Å². The Kier molecular flexibility index (Phi) is 4.56. The van der Waals surface area contributed by atoms with Crippen molar-refractivity contribution in [3.05, 3.63) is 36.0 Å². The first kappa shape index (κ1) is 14.3. The van der Waals surface area contributed by atoms with E-state index in [-0.39, 0.29) is 18.7 Å². The normalized spacial score (nSPS) is 10.7. The first-order valence-corrected chi connectivity index (χ1v) is 6.89. The minimum absolute atomic E-state index is 0.133. The average molecular weight is 273 g/mol. The molecule has 0 aliphatic carbocycles. The van der Waals surface area contributed by atoms with Gasteiger partial charge in [0.25, 0.3) is 0 Å². The lowest BCUT2D eigenvalue weighted by molar-refractivity contribution is -0.145. The van der Waals surface area contributed by atoms with Crippen LogP contribution >= 0.6 is 0 Å². The number of benzene rings is 1. The number of rotatable bonds is 6. The first-order valence-electron chi connectivity index (χ1n) is 6.89. The van der Waals surface area contributed by atoms with Gasteiger partial charge < -0.3 is 9.30 Å². The molecule has 2 aromatic rings. The highest BCUT2D eigenvalue weighted by Crippen LogP contribution is 2.21. The number of aromatic nitrogens is 1. The summed E-state index contributed by atoms with van der Waals surface area (Å²) >= 11 is 0. The summed E-state index contributed by atoms with van der Waals surface area (Å²) in [6.45, 7) is 4.33. The fraction of sp³-hybridized carbons (Fsp3) is 0.375. The third-order valence-electron chi connectivity index (χ3n) is 3.25. The van der Waals surface area contributed by atoms with Crippen LogP contribution in [0.3, 0.4) is 0 Å². The lowest BCUT2D eigenvalue weighted by atomic mass is 10.1. The van der Waals surface area contributed by atoms with Crippen molar-refractivity contribution >= 4 is 22.7 Å². The Morgan fingerprint density at radius 1 is 1.20 bits per heavy atom. The number of para-hydroxylation sites is 1. The molecule has 0 saturated carbocycles. The zero-order chi connectivity index (χ0) is 14.5. The van der Waals surface area contributed by atoms with E-state index in [0.717, 1.165) is 17.3 Å². The van der Waals surface area contributed by atoms with Gasteiger partial charge in [0.1, 0.15) is 6.42 Å². The lowest BCUT2D eigenvalue weighted by Crippen LogP contribution is -2.16. The fourth-order valence-corrected chi connectivity index (χ4v) is 2.38. The number of Topliss-reactive ketones (excluding diaryl/α,β-unsaturated/α-hetero) is 1. The molecule has 0 radical (unpaired) electrons. The van der Waals surface area contributed by atoms with Crippen LogP contribution in [-0.2, 0) is 27.3 Å². The average Bonchev–Trinajstić information content (AvgIpc) is 2.82. The maximum atomic E-state index is 11.9. The largest absolute Gasteiger partial charge is 0.466 e. The van der Waals surface area contributed by atoms with Crippen LogP contribution in [0.5, 0.6) is 0 Å². The van der Waals surface area contributed by atoms with Crippen LogP contribution in [-0.4, -0.2) is 22.9 Å². The third kappa shape index (κ3) is 3.07. The first-order chi connectivity index (χ1) is 9.65. The smallest absolute Gasteiger partial charge is 0.313 e. The maximum Gasteiger partial charge on any atom is 0.313 e. The van der Waals surface area contributed by atoms with Crippen LogP contribution in [0.4, 0.5) is 0 Å². The van der Waals surface area contributed by atoms with Gasteiger partial charge in [-0.25, -0.2) is 0 Å². The van der Waals surface area contributed by atoms with Gasteiger partial charge in [0.15, 0.2) is 5.78 Å². The van der Waals surface area contributed by atoms with Gasteiger partial charge >= 0.3 is 5.97 Å². The van der Waals surface area contributed by atoms with Gasteiger partial charge in [-0.3, -0.25) is 9.59 Å². The van der Waals surface area contributed by atoms with Crippen molar-refractivity contribution in [2.75, 3.05) is 6.61 Å². The van der Waals surface area contributed by atoms with E-state index in [0.29, 0.717) is 6.61 Å². The van der Waals surface area contributed by atoms with E-state index in [1.54, 1.807) is 6.92 Å². The number of hydrogen-bond acceptors (Lipinski definition) is 3. The lowest BCUT2D eigenvalue weighted by Gasteiger charge is -2.08. The van der Waals surface area contributed by atoms with E-state index in [4.69, 9.17) is 4.74 Å². The van der Waals surface area contributed by atoms with Gasteiger partial charge in [-0.15, -0.1) is 0 Å². The Bertz CT molecular complexity index is 628. The van der Waals surface area contributed by atoms with Crippen molar-refractivity contribution in [2.45, 2.75) is 33.2 Å². The predicted octanol–water partition coefficient (Wildman–Crippen LogP) is 2.73. The number of fused-ring (bicyclic) bond motifs is 1. The molecule has 0 amide bonds. The third-order valence-corrected chi connectivity index (χ3v) is 3.25. The number of carbonyl (C=O) groups excluding carboxylic acids is 2. The van der Waals surface area contributed by atoms with Crippen molar-refractivity contribution in [1.29, 1.82) is 0 Å². The molecule has 2 rings (SSSR count). The number of carbonyl (C=O) groups is 2. The number of ether oxygens (including phenoxy) is 1. The molecule has 0 atom stereocenters. The Morgan fingerprint density at radius 2 is 2.00 bits per heavy atom. The summed E-state index contributed by atoms with van der Waals surface area (Å²) in [7, 11) is 0. The van der Waals surface area contributed by atoms with Crippen LogP contribution < -0.4 is 0 Å². The minimum Gasteiger partial charge on any atom is -0.466 e. The van der Waals surface area contributed by atoms with Crippen molar-refractivity contribution in [2.24, 2.45) is 0 Å². The van der Waals surface area contributed by atoms with Gasteiger partial charge in [-0.2, -0.15) is 0 Å². The van der Waals surface area contributed by atoms with E-state index in [9.17, 15) is 9.59 Å². The highest BCUT2D eigenvalue weighted by atomic mass is 16.5.